The Morgan fingerprint density at radius 2 is 0.905 bits per heavy atom. The highest BCUT2D eigenvalue weighted by molar-refractivity contribution is 6.11. The SMILES string of the molecule is O=C(CCCCOc1c2ccccc2c(OCCCCC(=O)OCC2CCCC2)c2ccccc12)OCC1CCCC1. The van der Waals surface area contributed by atoms with Gasteiger partial charge in [-0.3, -0.25) is 9.59 Å². The van der Waals surface area contributed by atoms with Crippen LogP contribution in [-0.2, 0) is 19.1 Å². The highest BCUT2D eigenvalue weighted by Crippen LogP contribution is 2.42. The van der Waals surface area contributed by atoms with E-state index in [2.05, 4.69) is 24.3 Å². The lowest BCUT2D eigenvalue weighted by Gasteiger charge is -2.18. The number of hydrogen-bond acceptors (Lipinski definition) is 6. The van der Waals surface area contributed by atoms with Crippen LogP contribution in [0.25, 0.3) is 21.5 Å². The number of carbonyl (C=O) groups is 2. The van der Waals surface area contributed by atoms with Crippen molar-refractivity contribution in [1.29, 1.82) is 0 Å². The summed E-state index contributed by atoms with van der Waals surface area (Å²) in [5.74, 6) is 2.62. The summed E-state index contributed by atoms with van der Waals surface area (Å²) in [5.41, 5.74) is 0. The minimum atomic E-state index is -0.0970. The average molecular weight is 575 g/mol. The number of carbonyl (C=O) groups excluding carboxylic acids is 2. The summed E-state index contributed by atoms with van der Waals surface area (Å²) in [7, 11) is 0. The molecule has 0 atom stereocenters. The van der Waals surface area contributed by atoms with Gasteiger partial charge in [0.1, 0.15) is 11.5 Å². The Labute approximate surface area is 250 Å². The van der Waals surface area contributed by atoms with Gasteiger partial charge in [0.2, 0.25) is 0 Å². The third-order valence-corrected chi connectivity index (χ3v) is 8.79. The molecule has 6 nitrogen and oxygen atoms in total. The van der Waals surface area contributed by atoms with E-state index >= 15 is 0 Å². The van der Waals surface area contributed by atoms with Crippen LogP contribution >= 0.6 is 0 Å². The molecule has 6 heteroatoms. The molecule has 2 aliphatic carbocycles. The van der Waals surface area contributed by atoms with E-state index in [1.54, 1.807) is 0 Å². The fourth-order valence-electron chi connectivity index (χ4n) is 6.37. The maximum absolute atomic E-state index is 12.2. The number of esters is 2. The fraction of sp³-hybridized carbons (Fsp3) is 0.556. The highest BCUT2D eigenvalue weighted by atomic mass is 16.5. The molecule has 0 N–H and O–H groups in total. The quantitative estimate of drug-likeness (QED) is 0.0970. The van der Waals surface area contributed by atoms with Crippen molar-refractivity contribution in [1.82, 2.24) is 0 Å². The third-order valence-electron chi connectivity index (χ3n) is 8.79. The lowest BCUT2D eigenvalue weighted by Crippen LogP contribution is -2.12. The molecule has 0 bridgehead atoms. The summed E-state index contributed by atoms with van der Waals surface area (Å²) >= 11 is 0. The van der Waals surface area contributed by atoms with Crippen LogP contribution < -0.4 is 9.47 Å². The molecular weight excluding hydrogens is 528 g/mol. The predicted octanol–water partition coefficient (Wildman–Crippen LogP) is 8.56. The Balaban J connectivity index is 1.13. The Kier molecular flexibility index (Phi) is 11.4. The van der Waals surface area contributed by atoms with Gasteiger partial charge >= 0.3 is 11.9 Å². The number of ether oxygens (including phenoxy) is 4. The Morgan fingerprint density at radius 1 is 0.548 bits per heavy atom. The lowest BCUT2D eigenvalue weighted by molar-refractivity contribution is -0.146. The van der Waals surface area contributed by atoms with Gasteiger partial charge in [-0.05, 0) is 63.2 Å². The van der Waals surface area contributed by atoms with E-state index in [1.807, 2.05) is 24.3 Å². The topological polar surface area (TPSA) is 71.1 Å². The summed E-state index contributed by atoms with van der Waals surface area (Å²) in [6.45, 7) is 2.21. The summed E-state index contributed by atoms with van der Waals surface area (Å²) in [6, 6.07) is 16.4. The van der Waals surface area contributed by atoms with Crippen LogP contribution in [0.5, 0.6) is 11.5 Å². The molecule has 0 heterocycles. The van der Waals surface area contributed by atoms with Crippen molar-refractivity contribution >= 4 is 33.5 Å². The molecule has 0 amide bonds. The fourth-order valence-corrected chi connectivity index (χ4v) is 6.37. The number of fused-ring (bicyclic) bond motifs is 2. The van der Waals surface area contributed by atoms with Gasteiger partial charge in [0.25, 0.3) is 0 Å². The lowest BCUT2D eigenvalue weighted by atomic mass is 10.0. The monoisotopic (exact) mass is 574 g/mol. The molecule has 42 heavy (non-hydrogen) atoms. The van der Waals surface area contributed by atoms with Crippen LogP contribution in [0.1, 0.15) is 89.9 Å². The Bertz CT molecular complexity index is 1150. The smallest absolute Gasteiger partial charge is 0.305 e. The minimum Gasteiger partial charge on any atom is -0.492 e. The molecule has 226 valence electrons. The van der Waals surface area contributed by atoms with E-state index in [-0.39, 0.29) is 11.9 Å². The number of rotatable bonds is 16. The third kappa shape index (κ3) is 8.39. The number of hydrogen-bond donors (Lipinski definition) is 0. The first-order valence-corrected chi connectivity index (χ1v) is 16.2. The van der Waals surface area contributed by atoms with Gasteiger partial charge in [0, 0.05) is 34.4 Å². The average Bonchev–Trinajstić information content (AvgIpc) is 3.74. The van der Waals surface area contributed by atoms with Crippen molar-refractivity contribution in [2.24, 2.45) is 11.8 Å². The zero-order chi connectivity index (χ0) is 29.0. The first-order valence-electron chi connectivity index (χ1n) is 16.2. The van der Waals surface area contributed by atoms with Crippen molar-refractivity contribution in [3.8, 4) is 11.5 Å². The predicted molar refractivity (Wildman–Crippen MR) is 166 cm³/mol. The van der Waals surface area contributed by atoms with Gasteiger partial charge in [-0.1, -0.05) is 74.2 Å². The highest BCUT2D eigenvalue weighted by Gasteiger charge is 2.19. The van der Waals surface area contributed by atoms with E-state index in [4.69, 9.17) is 18.9 Å². The second kappa shape index (κ2) is 15.8. The Hall–Kier alpha value is -3.28. The molecule has 0 saturated heterocycles. The molecule has 2 saturated carbocycles. The first kappa shape index (κ1) is 30.2. The van der Waals surface area contributed by atoms with Gasteiger partial charge in [-0.25, -0.2) is 0 Å². The van der Waals surface area contributed by atoms with Crippen LogP contribution in [0.2, 0.25) is 0 Å². The van der Waals surface area contributed by atoms with Crippen LogP contribution in [0.3, 0.4) is 0 Å². The van der Waals surface area contributed by atoms with E-state index < -0.39 is 0 Å². The zero-order valence-electron chi connectivity index (χ0n) is 25.0. The van der Waals surface area contributed by atoms with Crippen molar-refractivity contribution in [2.45, 2.75) is 89.9 Å². The van der Waals surface area contributed by atoms with E-state index in [0.717, 1.165) is 58.7 Å². The van der Waals surface area contributed by atoms with Gasteiger partial charge in [0.05, 0.1) is 26.4 Å². The van der Waals surface area contributed by atoms with Crippen LogP contribution in [0.4, 0.5) is 0 Å². The first-order chi connectivity index (χ1) is 20.7. The van der Waals surface area contributed by atoms with Crippen molar-refractivity contribution in [3.05, 3.63) is 48.5 Å². The summed E-state index contributed by atoms with van der Waals surface area (Å²) in [5, 5.41) is 4.05. The molecule has 3 aromatic carbocycles. The normalized spacial score (nSPS) is 15.8. The van der Waals surface area contributed by atoms with Crippen LogP contribution in [0.15, 0.2) is 48.5 Å². The van der Waals surface area contributed by atoms with Crippen LogP contribution in [-0.4, -0.2) is 38.4 Å². The molecule has 0 spiro atoms. The molecule has 5 rings (SSSR count). The van der Waals surface area contributed by atoms with Crippen molar-refractivity contribution in [2.75, 3.05) is 26.4 Å². The zero-order valence-corrected chi connectivity index (χ0v) is 25.0. The van der Waals surface area contributed by atoms with E-state index in [0.29, 0.717) is 51.1 Å². The van der Waals surface area contributed by atoms with Gasteiger partial charge in [-0.2, -0.15) is 0 Å². The molecular formula is C36H46O6. The number of unbranched alkanes of at least 4 members (excludes halogenated alkanes) is 2. The van der Waals surface area contributed by atoms with Crippen molar-refractivity contribution in [3.63, 3.8) is 0 Å². The summed E-state index contributed by atoms with van der Waals surface area (Å²) < 4.78 is 23.7. The van der Waals surface area contributed by atoms with Gasteiger partial charge in [0.15, 0.2) is 0 Å². The molecule has 2 aliphatic rings. The van der Waals surface area contributed by atoms with Gasteiger partial charge in [-0.15, -0.1) is 0 Å². The van der Waals surface area contributed by atoms with Crippen molar-refractivity contribution < 1.29 is 28.5 Å². The largest absolute Gasteiger partial charge is 0.492 e. The molecule has 3 aromatic rings. The van der Waals surface area contributed by atoms with Crippen LogP contribution in [0, 0.1) is 11.8 Å². The van der Waals surface area contributed by atoms with Gasteiger partial charge < -0.3 is 18.9 Å². The second-order valence-corrected chi connectivity index (χ2v) is 12.0. The molecule has 0 aliphatic heterocycles. The maximum atomic E-state index is 12.2. The molecule has 2 fully saturated rings. The van der Waals surface area contributed by atoms with E-state index in [1.165, 1.54) is 51.4 Å². The van der Waals surface area contributed by atoms with E-state index in [9.17, 15) is 9.59 Å². The standard InChI is InChI=1S/C36H46O6/c37-33(41-25-27-13-1-2-14-27)21-9-11-23-39-35-29-17-5-7-19-31(29)36(32-20-8-6-18-30(32)35)40-24-12-10-22-34(38)42-26-28-15-3-4-16-28/h5-8,17-20,27-28H,1-4,9-16,21-26H2. The molecule has 0 unspecified atom stereocenters. The molecule has 0 radical (unpaired) electrons. The maximum Gasteiger partial charge on any atom is 0.305 e. The second-order valence-electron chi connectivity index (χ2n) is 12.0. The minimum absolute atomic E-state index is 0.0970. The summed E-state index contributed by atoms with van der Waals surface area (Å²) in [4.78, 5) is 24.3. The Morgan fingerprint density at radius 3 is 1.26 bits per heavy atom. The summed E-state index contributed by atoms with van der Waals surface area (Å²) in [6.07, 6.45) is 13.7. The number of benzene rings is 3. The molecule has 0 aromatic heterocycles.